The molecular weight excluding hydrogens is 291 g/mol. The van der Waals surface area contributed by atoms with Gasteiger partial charge in [-0.15, -0.1) is 0 Å². The Morgan fingerprint density at radius 3 is 2.43 bits per heavy atom. The lowest BCUT2D eigenvalue weighted by Crippen LogP contribution is -2.07. The summed E-state index contributed by atoms with van der Waals surface area (Å²) in [6.45, 7) is 1.46. The molecule has 2 nitrogen and oxygen atoms in total. The highest BCUT2D eigenvalue weighted by atomic mass is 127. The summed E-state index contributed by atoms with van der Waals surface area (Å²) in [5.41, 5.74) is 1.17. The SMILES string of the molecule is CC(=O)/C(=C\I)[C@@H](O)c1ccccc1. The summed E-state index contributed by atoms with van der Waals surface area (Å²) in [6.07, 6.45) is -0.814. The van der Waals surface area contributed by atoms with Crippen LogP contribution in [0.25, 0.3) is 0 Å². The second-order valence-corrected chi connectivity index (χ2v) is 3.56. The Morgan fingerprint density at radius 2 is 2.00 bits per heavy atom. The van der Waals surface area contributed by atoms with Crippen molar-refractivity contribution in [3.05, 3.63) is 45.6 Å². The van der Waals surface area contributed by atoms with E-state index in [-0.39, 0.29) is 5.78 Å². The van der Waals surface area contributed by atoms with Crippen LogP contribution in [0.5, 0.6) is 0 Å². The summed E-state index contributed by atoms with van der Waals surface area (Å²) < 4.78 is 1.62. The van der Waals surface area contributed by atoms with Crippen molar-refractivity contribution < 1.29 is 9.90 Å². The Bertz CT molecular complexity index is 344. The molecule has 0 radical (unpaired) electrons. The molecule has 0 aromatic heterocycles. The van der Waals surface area contributed by atoms with Crippen molar-refractivity contribution >= 4 is 28.4 Å². The monoisotopic (exact) mass is 302 g/mol. The zero-order valence-electron chi connectivity index (χ0n) is 7.77. The highest BCUT2D eigenvalue weighted by Crippen LogP contribution is 2.22. The first-order valence-electron chi connectivity index (χ1n) is 4.21. The van der Waals surface area contributed by atoms with Crippen molar-refractivity contribution in [3.8, 4) is 0 Å². The predicted molar refractivity (Wildman–Crippen MR) is 64.2 cm³/mol. The third-order valence-electron chi connectivity index (χ3n) is 1.93. The van der Waals surface area contributed by atoms with Crippen molar-refractivity contribution in [1.29, 1.82) is 0 Å². The second kappa shape index (κ2) is 5.26. The van der Waals surface area contributed by atoms with Gasteiger partial charge in [0.05, 0.1) is 0 Å². The minimum Gasteiger partial charge on any atom is -0.384 e. The van der Waals surface area contributed by atoms with Gasteiger partial charge in [-0.3, -0.25) is 4.79 Å². The molecule has 0 saturated heterocycles. The summed E-state index contributed by atoms with van der Waals surface area (Å²) in [5, 5.41) is 9.86. The van der Waals surface area contributed by atoms with E-state index < -0.39 is 6.10 Å². The molecule has 0 spiro atoms. The number of Topliss-reactive ketones (excluding diaryl/α,β-unsaturated/α-hetero) is 1. The number of rotatable bonds is 3. The van der Waals surface area contributed by atoms with Crippen LogP contribution in [0, 0.1) is 0 Å². The Labute approximate surface area is 96.8 Å². The van der Waals surface area contributed by atoms with Gasteiger partial charge in [0.2, 0.25) is 0 Å². The molecule has 1 atom stereocenters. The van der Waals surface area contributed by atoms with Crippen molar-refractivity contribution in [2.75, 3.05) is 0 Å². The van der Waals surface area contributed by atoms with Gasteiger partial charge in [0.25, 0.3) is 0 Å². The first kappa shape index (κ1) is 11.4. The lowest BCUT2D eigenvalue weighted by atomic mass is 10.0. The van der Waals surface area contributed by atoms with Gasteiger partial charge < -0.3 is 5.11 Å². The third-order valence-corrected chi connectivity index (χ3v) is 2.60. The molecule has 3 heteroatoms. The molecule has 1 aromatic carbocycles. The standard InChI is InChI=1S/C11H11IO2/c1-8(13)10(7-12)11(14)9-5-3-2-4-6-9/h2-7,11,14H,1H3/b10-7+/t11-/m0/s1. The molecule has 0 saturated carbocycles. The van der Waals surface area contributed by atoms with E-state index in [1.165, 1.54) is 6.92 Å². The van der Waals surface area contributed by atoms with Gasteiger partial charge in [-0.05, 0) is 16.6 Å². The van der Waals surface area contributed by atoms with Crippen LogP contribution < -0.4 is 0 Å². The number of aliphatic hydroxyl groups excluding tert-OH is 1. The number of ketones is 1. The molecule has 0 heterocycles. The van der Waals surface area contributed by atoms with Crippen molar-refractivity contribution in [2.24, 2.45) is 0 Å². The Kier molecular flexibility index (Phi) is 4.28. The van der Waals surface area contributed by atoms with E-state index >= 15 is 0 Å². The molecule has 1 rings (SSSR count). The quantitative estimate of drug-likeness (QED) is 0.688. The van der Waals surface area contributed by atoms with E-state index in [4.69, 9.17) is 0 Å². The highest BCUT2D eigenvalue weighted by molar-refractivity contribution is 14.1. The number of hydrogen-bond donors (Lipinski definition) is 1. The van der Waals surface area contributed by atoms with Crippen LogP contribution in [-0.4, -0.2) is 10.9 Å². The number of hydrogen-bond acceptors (Lipinski definition) is 2. The van der Waals surface area contributed by atoms with Crippen molar-refractivity contribution in [2.45, 2.75) is 13.0 Å². The van der Waals surface area contributed by atoms with E-state index in [0.717, 1.165) is 5.56 Å². The van der Waals surface area contributed by atoms with E-state index in [2.05, 4.69) is 0 Å². The molecule has 1 N–H and O–H groups in total. The fourth-order valence-corrected chi connectivity index (χ4v) is 1.92. The molecule has 74 valence electrons. The summed E-state index contributed by atoms with van der Waals surface area (Å²) in [5.74, 6) is -0.101. The highest BCUT2D eigenvalue weighted by Gasteiger charge is 2.15. The normalized spacial score (nSPS) is 13.8. The lowest BCUT2D eigenvalue weighted by molar-refractivity contribution is -0.114. The third kappa shape index (κ3) is 2.65. The summed E-state index contributed by atoms with van der Waals surface area (Å²) >= 11 is 1.96. The Balaban J connectivity index is 2.96. The van der Waals surface area contributed by atoms with E-state index in [9.17, 15) is 9.90 Å². The molecule has 0 aliphatic carbocycles. The van der Waals surface area contributed by atoms with Crippen LogP contribution in [0.2, 0.25) is 0 Å². The zero-order chi connectivity index (χ0) is 10.6. The fraction of sp³-hybridized carbons (Fsp3) is 0.182. The van der Waals surface area contributed by atoms with Crippen LogP contribution >= 0.6 is 22.6 Å². The maximum absolute atomic E-state index is 11.2. The van der Waals surface area contributed by atoms with Gasteiger partial charge in [-0.1, -0.05) is 52.9 Å². The van der Waals surface area contributed by atoms with Crippen LogP contribution in [0.4, 0.5) is 0 Å². The number of halogens is 1. The molecule has 0 fully saturated rings. The van der Waals surface area contributed by atoms with Gasteiger partial charge in [-0.25, -0.2) is 0 Å². The molecule has 0 aliphatic heterocycles. The Morgan fingerprint density at radius 1 is 1.43 bits per heavy atom. The average Bonchev–Trinajstić information content (AvgIpc) is 2.19. The van der Waals surface area contributed by atoms with Crippen LogP contribution in [0.3, 0.4) is 0 Å². The van der Waals surface area contributed by atoms with Crippen LogP contribution in [-0.2, 0) is 4.79 Å². The van der Waals surface area contributed by atoms with Gasteiger partial charge in [0.15, 0.2) is 5.78 Å². The van der Waals surface area contributed by atoms with Crippen LogP contribution in [0.1, 0.15) is 18.6 Å². The van der Waals surface area contributed by atoms with Gasteiger partial charge >= 0.3 is 0 Å². The average molecular weight is 302 g/mol. The minimum absolute atomic E-state index is 0.101. The molecule has 0 amide bonds. The molecule has 0 bridgehead atoms. The number of benzene rings is 1. The van der Waals surface area contributed by atoms with Gasteiger partial charge in [-0.2, -0.15) is 0 Å². The number of aliphatic hydroxyl groups is 1. The molecule has 0 unspecified atom stereocenters. The minimum atomic E-state index is -0.814. The van der Waals surface area contributed by atoms with Crippen molar-refractivity contribution in [1.82, 2.24) is 0 Å². The molecule has 1 aromatic rings. The lowest BCUT2D eigenvalue weighted by Gasteiger charge is -2.11. The number of carbonyl (C=O) groups is 1. The second-order valence-electron chi connectivity index (χ2n) is 2.93. The van der Waals surface area contributed by atoms with Gasteiger partial charge in [0.1, 0.15) is 6.10 Å². The van der Waals surface area contributed by atoms with E-state index in [1.807, 2.05) is 40.8 Å². The maximum Gasteiger partial charge on any atom is 0.159 e. The first-order chi connectivity index (χ1) is 6.66. The van der Waals surface area contributed by atoms with Gasteiger partial charge in [0, 0.05) is 5.57 Å². The smallest absolute Gasteiger partial charge is 0.159 e. The largest absolute Gasteiger partial charge is 0.384 e. The fourth-order valence-electron chi connectivity index (χ4n) is 1.14. The summed E-state index contributed by atoms with van der Waals surface area (Å²) in [7, 11) is 0. The van der Waals surface area contributed by atoms with E-state index in [0.29, 0.717) is 5.57 Å². The van der Waals surface area contributed by atoms with Crippen LogP contribution in [0.15, 0.2) is 40.0 Å². The topological polar surface area (TPSA) is 37.3 Å². The van der Waals surface area contributed by atoms with Crippen molar-refractivity contribution in [3.63, 3.8) is 0 Å². The summed E-state index contributed by atoms with van der Waals surface area (Å²) in [6, 6.07) is 9.14. The number of carbonyl (C=O) groups excluding carboxylic acids is 1. The molecular formula is C11H11IO2. The molecule has 14 heavy (non-hydrogen) atoms. The Hall–Kier alpha value is -0.680. The van der Waals surface area contributed by atoms with E-state index in [1.54, 1.807) is 16.2 Å². The first-order valence-corrected chi connectivity index (χ1v) is 5.45. The molecule has 0 aliphatic rings. The summed E-state index contributed by atoms with van der Waals surface area (Å²) in [4.78, 5) is 11.2. The maximum atomic E-state index is 11.2. The predicted octanol–water partition coefficient (Wildman–Crippen LogP) is 2.63. The zero-order valence-corrected chi connectivity index (χ0v) is 9.93.